The molecule has 0 bridgehead atoms. The molecule has 4 aromatic rings. The molecule has 4 atom stereocenters. The fourth-order valence-electron chi connectivity index (χ4n) is 4.73. The summed E-state index contributed by atoms with van der Waals surface area (Å²) in [5, 5.41) is 2.49. The molecule has 0 aliphatic carbocycles. The van der Waals surface area contributed by atoms with Crippen LogP contribution < -0.4 is 9.47 Å². The van der Waals surface area contributed by atoms with Crippen molar-refractivity contribution in [1.29, 1.82) is 0 Å². The zero-order valence-electron chi connectivity index (χ0n) is 19.1. The molecule has 0 spiro atoms. The monoisotopic (exact) mass is 516 g/mol. The van der Waals surface area contributed by atoms with Gasteiger partial charge in [-0.25, -0.2) is 9.97 Å². The fraction of sp³-hybridized carbons (Fsp3) is 0.375. The molecular weight excluding hydrogens is 495 g/mol. The van der Waals surface area contributed by atoms with Gasteiger partial charge in [-0.2, -0.15) is 0 Å². The number of methoxy groups -OCH3 is 1. The van der Waals surface area contributed by atoms with Crippen LogP contribution in [0.4, 0.5) is 0 Å². The van der Waals surface area contributed by atoms with Gasteiger partial charge in [0.05, 0.1) is 23.0 Å². The first kappa shape index (κ1) is 22.8. The summed E-state index contributed by atoms with van der Waals surface area (Å²) in [5.74, 6) is 0.305. The molecule has 0 amide bonds. The maximum absolute atomic E-state index is 6.42. The maximum atomic E-state index is 6.42. The SMILES string of the molecule is COc1cc2c(Cl)ccnc2cc1OC[C@H]1O[C@@H](n2ccc3c(Cl)ncnc32)[C@@H]2OC(C)(C)O[C@@H]21. The lowest BCUT2D eigenvalue weighted by Gasteiger charge is -2.25. The first-order valence-electron chi connectivity index (χ1n) is 11.1. The van der Waals surface area contributed by atoms with Crippen molar-refractivity contribution in [3.8, 4) is 11.5 Å². The molecule has 6 rings (SSSR count). The standard InChI is InChI=1S/C24H22Cl2N4O5/c1-24(2)34-19-18(10-32-17-9-15-13(8-16(17)31-3)14(25)4-6-27-15)33-23(20(19)35-24)30-7-5-12-21(26)28-11-29-22(12)30/h4-9,11,18-20,23H,10H2,1-3H3/t18-,19-,20-,23-/m1/s1. The molecule has 3 aromatic heterocycles. The Morgan fingerprint density at radius 1 is 1.03 bits per heavy atom. The zero-order valence-corrected chi connectivity index (χ0v) is 20.7. The van der Waals surface area contributed by atoms with E-state index in [0.717, 1.165) is 10.8 Å². The van der Waals surface area contributed by atoms with Crippen molar-refractivity contribution in [2.45, 2.75) is 44.2 Å². The van der Waals surface area contributed by atoms with E-state index in [2.05, 4.69) is 15.0 Å². The fourth-order valence-corrected chi connectivity index (χ4v) is 5.13. The van der Waals surface area contributed by atoms with Crippen molar-refractivity contribution in [1.82, 2.24) is 19.5 Å². The lowest BCUT2D eigenvalue weighted by atomic mass is 10.1. The maximum Gasteiger partial charge on any atom is 0.164 e. The number of halogens is 2. The third kappa shape index (κ3) is 3.88. The van der Waals surface area contributed by atoms with Crippen LogP contribution in [0.2, 0.25) is 10.2 Å². The van der Waals surface area contributed by atoms with Crippen LogP contribution in [-0.4, -0.2) is 57.3 Å². The lowest BCUT2D eigenvalue weighted by Crippen LogP contribution is -2.34. The van der Waals surface area contributed by atoms with Gasteiger partial charge in [-0.3, -0.25) is 4.98 Å². The molecule has 2 fully saturated rings. The van der Waals surface area contributed by atoms with Crippen LogP contribution in [0.3, 0.4) is 0 Å². The summed E-state index contributed by atoms with van der Waals surface area (Å²) in [6, 6.07) is 7.21. The summed E-state index contributed by atoms with van der Waals surface area (Å²) in [5.41, 5.74) is 1.36. The normalized spacial score (nSPS) is 25.3. The van der Waals surface area contributed by atoms with Gasteiger partial charge in [0.15, 0.2) is 23.5 Å². The van der Waals surface area contributed by atoms with Gasteiger partial charge in [0.1, 0.15) is 42.0 Å². The zero-order chi connectivity index (χ0) is 24.3. The largest absolute Gasteiger partial charge is 0.493 e. The topological polar surface area (TPSA) is 89.8 Å². The van der Waals surface area contributed by atoms with Gasteiger partial charge in [0.2, 0.25) is 0 Å². The van der Waals surface area contributed by atoms with E-state index >= 15 is 0 Å². The molecule has 35 heavy (non-hydrogen) atoms. The first-order chi connectivity index (χ1) is 16.8. The average Bonchev–Trinajstić information content (AvgIpc) is 3.49. The van der Waals surface area contributed by atoms with E-state index in [1.54, 1.807) is 25.4 Å². The number of benzene rings is 1. The van der Waals surface area contributed by atoms with Gasteiger partial charge < -0.3 is 28.3 Å². The molecule has 2 aliphatic rings. The van der Waals surface area contributed by atoms with Crippen LogP contribution in [0.25, 0.3) is 21.9 Å². The molecule has 2 aliphatic heterocycles. The Bertz CT molecular complexity index is 1430. The molecule has 11 heteroatoms. The molecule has 2 saturated heterocycles. The van der Waals surface area contributed by atoms with Crippen LogP contribution >= 0.6 is 23.2 Å². The van der Waals surface area contributed by atoms with Crippen LogP contribution in [0.15, 0.2) is 43.0 Å². The highest BCUT2D eigenvalue weighted by Crippen LogP contribution is 2.44. The van der Waals surface area contributed by atoms with Crippen LogP contribution in [0, 0.1) is 0 Å². The predicted octanol–water partition coefficient (Wildman–Crippen LogP) is 4.79. The smallest absolute Gasteiger partial charge is 0.164 e. The second-order valence-corrected chi connectivity index (χ2v) is 9.64. The Balaban J connectivity index is 1.30. The van der Waals surface area contributed by atoms with E-state index in [1.165, 1.54) is 6.33 Å². The van der Waals surface area contributed by atoms with E-state index in [-0.39, 0.29) is 18.8 Å². The molecule has 0 saturated carbocycles. The van der Waals surface area contributed by atoms with Gasteiger partial charge in [0.25, 0.3) is 0 Å². The third-order valence-corrected chi connectivity index (χ3v) is 6.87. The van der Waals surface area contributed by atoms with Gasteiger partial charge >= 0.3 is 0 Å². The Hall–Kier alpha value is -2.69. The van der Waals surface area contributed by atoms with Gasteiger partial charge in [-0.05, 0) is 32.0 Å². The molecule has 9 nitrogen and oxygen atoms in total. The predicted molar refractivity (Wildman–Crippen MR) is 129 cm³/mol. The number of aromatic nitrogens is 4. The molecular formula is C24H22Cl2N4O5. The van der Waals surface area contributed by atoms with Crippen molar-refractivity contribution < 1.29 is 23.7 Å². The first-order valence-corrected chi connectivity index (χ1v) is 11.8. The highest BCUT2D eigenvalue weighted by molar-refractivity contribution is 6.35. The summed E-state index contributed by atoms with van der Waals surface area (Å²) in [6.07, 6.45) is 3.31. The van der Waals surface area contributed by atoms with Gasteiger partial charge in [-0.1, -0.05) is 23.2 Å². The minimum absolute atomic E-state index is 0.203. The Labute approximate surface area is 210 Å². The highest BCUT2D eigenvalue weighted by atomic mass is 35.5. The summed E-state index contributed by atoms with van der Waals surface area (Å²) in [7, 11) is 1.58. The summed E-state index contributed by atoms with van der Waals surface area (Å²) in [6.45, 7) is 3.97. The minimum Gasteiger partial charge on any atom is -0.493 e. The summed E-state index contributed by atoms with van der Waals surface area (Å²) in [4.78, 5) is 12.8. The third-order valence-electron chi connectivity index (χ3n) is 6.24. The van der Waals surface area contributed by atoms with E-state index in [0.29, 0.717) is 32.8 Å². The molecule has 182 valence electrons. The number of hydrogen-bond acceptors (Lipinski definition) is 8. The van der Waals surface area contributed by atoms with E-state index < -0.39 is 18.1 Å². The molecule has 0 radical (unpaired) electrons. The number of pyridine rings is 1. The Kier molecular flexibility index (Phi) is 5.50. The molecule has 0 unspecified atom stereocenters. The van der Waals surface area contributed by atoms with Gasteiger partial charge in [-0.15, -0.1) is 0 Å². The summed E-state index contributed by atoms with van der Waals surface area (Å²) < 4.78 is 32.5. The van der Waals surface area contributed by atoms with Crippen molar-refractivity contribution in [3.05, 3.63) is 53.2 Å². The van der Waals surface area contributed by atoms with Crippen molar-refractivity contribution in [2.75, 3.05) is 13.7 Å². The quantitative estimate of drug-likeness (QED) is 0.349. The van der Waals surface area contributed by atoms with Crippen LogP contribution in [-0.2, 0) is 14.2 Å². The van der Waals surface area contributed by atoms with Crippen molar-refractivity contribution >= 4 is 45.1 Å². The van der Waals surface area contributed by atoms with Gasteiger partial charge in [0, 0.05) is 23.8 Å². The molecule has 5 heterocycles. The summed E-state index contributed by atoms with van der Waals surface area (Å²) >= 11 is 12.6. The second kappa shape index (κ2) is 8.46. The van der Waals surface area contributed by atoms with Crippen LogP contribution in [0.1, 0.15) is 20.1 Å². The lowest BCUT2D eigenvalue weighted by molar-refractivity contribution is -0.198. The average molecular weight is 517 g/mol. The number of hydrogen-bond donors (Lipinski definition) is 0. The highest BCUT2D eigenvalue weighted by Gasteiger charge is 2.56. The molecule has 1 aromatic carbocycles. The van der Waals surface area contributed by atoms with E-state index in [1.807, 2.05) is 36.7 Å². The Morgan fingerprint density at radius 3 is 2.69 bits per heavy atom. The van der Waals surface area contributed by atoms with Crippen molar-refractivity contribution in [2.24, 2.45) is 0 Å². The Morgan fingerprint density at radius 2 is 1.86 bits per heavy atom. The van der Waals surface area contributed by atoms with E-state index in [9.17, 15) is 0 Å². The number of ether oxygens (including phenoxy) is 5. The van der Waals surface area contributed by atoms with E-state index in [4.69, 9.17) is 46.9 Å². The number of nitrogens with zero attached hydrogens (tertiary/aromatic N) is 4. The minimum atomic E-state index is -0.771. The molecule has 0 N–H and O–H groups in total. The number of fused-ring (bicyclic) bond motifs is 3. The van der Waals surface area contributed by atoms with Crippen LogP contribution in [0.5, 0.6) is 11.5 Å². The van der Waals surface area contributed by atoms with Crippen molar-refractivity contribution in [3.63, 3.8) is 0 Å². The number of rotatable bonds is 5. The second-order valence-electron chi connectivity index (χ2n) is 8.88.